The summed E-state index contributed by atoms with van der Waals surface area (Å²) >= 11 is 0. The topological polar surface area (TPSA) is 32.8 Å². The molecule has 1 atom stereocenters. The van der Waals surface area contributed by atoms with E-state index in [0.29, 0.717) is 6.04 Å². The van der Waals surface area contributed by atoms with Crippen molar-refractivity contribution < 1.29 is 9.53 Å². The normalized spacial score (nSPS) is 27.0. The standard InChI is InChI=1S/C20H28N2O2/c1-16-6-2-3-7-18(16)19(23)22-12-8-20(9-13-22)14-17(15-24-20)21-10-4-5-11-21/h2-3,6-7,17H,4-5,8-15H2,1H3/t17-/m1/s1. The highest BCUT2D eigenvalue weighted by Crippen LogP contribution is 2.38. The van der Waals surface area contributed by atoms with Gasteiger partial charge in [-0.05, 0) is 63.7 Å². The Morgan fingerprint density at radius 2 is 1.83 bits per heavy atom. The second-order valence-electron chi connectivity index (χ2n) is 7.70. The van der Waals surface area contributed by atoms with Gasteiger partial charge in [0.2, 0.25) is 0 Å². The summed E-state index contributed by atoms with van der Waals surface area (Å²) in [4.78, 5) is 17.4. The summed E-state index contributed by atoms with van der Waals surface area (Å²) < 4.78 is 6.28. The van der Waals surface area contributed by atoms with Gasteiger partial charge in [-0.25, -0.2) is 0 Å². The number of carbonyl (C=O) groups excluding carboxylic acids is 1. The molecule has 0 N–H and O–H groups in total. The fourth-order valence-corrected chi connectivity index (χ4v) is 4.61. The van der Waals surface area contributed by atoms with Crippen LogP contribution >= 0.6 is 0 Å². The summed E-state index contributed by atoms with van der Waals surface area (Å²) in [5.41, 5.74) is 1.93. The first kappa shape index (κ1) is 16.1. The van der Waals surface area contributed by atoms with Crippen LogP contribution in [0.1, 0.15) is 48.0 Å². The highest BCUT2D eigenvalue weighted by atomic mass is 16.5. The van der Waals surface area contributed by atoms with Crippen molar-refractivity contribution in [1.82, 2.24) is 9.80 Å². The molecule has 0 aromatic heterocycles. The number of rotatable bonds is 2. The lowest BCUT2D eigenvalue weighted by Gasteiger charge is -2.39. The Labute approximate surface area is 144 Å². The molecule has 3 aliphatic heterocycles. The van der Waals surface area contributed by atoms with Crippen molar-refractivity contribution in [2.75, 3.05) is 32.8 Å². The zero-order chi connectivity index (χ0) is 16.6. The second-order valence-corrected chi connectivity index (χ2v) is 7.70. The number of ether oxygens (including phenoxy) is 1. The third-order valence-electron chi connectivity index (χ3n) is 6.18. The molecule has 3 saturated heterocycles. The van der Waals surface area contributed by atoms with Crippen molar-refractivity contribution in [3.63, 3.8) is 0 Å². The van der Waals surface area contributed by atoms with Crippen molar-refractivity contribution in [3.8, 4) is 0 Å². The Balaban J connectivity index is 1.37. The number of hydrogen-bond donors (Lipinski definition) is 0. The smallest absolute Gasteiger partial charge is 0.254 e. The van der Waals surface area contributed by atoms with Crippen molar-refractivity contribution in [3.05, 3.63) is 35.4 Å². The lowest BCUT2D eigenvalue weighted by atomic mass is 9.87. The predicted molar refractivity (Wildman–Crippen MR) is 94.2 cm³/mol. The molecule has 4 heteroatoms. The van der Waals surface area contributed by atoms with E-state index in [1.807, 2.05) is 36.1 Å². The molecule has 3 fully saturated rings. The average Bonchev–Trinajstić information content (AvgIpc) is 3.26. The zero-order valence-corrected chi connectivity index (χ0v) is 14.7. The van der Waals surface area contributed by atoms with Crippen LogP contribution in [0.5, 0.6) is 0 Å². The van der Waals surface area contributed by atoms with Gasteiger partial charge >= 0.3 is 0 Å². The van der Waals surface area contributed by atoms with E-state index in [-0.39, 0.29) is 11.5 Å². The Bertz CT molecular complexity index is 601. The van der Waals surface area contributed by atoms with Crippen LogP contribution in [0.15, 0.2) is 24.3 Å². The molecule has 4 nitrogen and oxygen atoms in total. The average molecular weight is 328 g/mol. The van der Waals surface area contributed by atoms with Gasteiger partial charge in [0.1, 0.15) is 0 Å². The van der Waals surface area contributed by atoms with Gasteiger partial charge in [0, 0.05) is 24.7 Å². The van der Waals surface area contributed by atoms with E-state index in [0.717, 1.165) is 50.1 Å². The molecule has 24 heavy (non-hydrogen) atoms. The zero-order valence-electron chi connectivity index (χ0n) is 14.7. The lowest BCUT2D eigenvalue weighted by molar-refractivity contribution is -0.0393. The molecule has 130 valence electrons. The number of hydrogen-bond acceptors (Lipinski definition) is 3. The minimum Gasteiger partial charge on any atom is -0.373 e. The maximum atomic E-state index is 12.8. The van der Waals surface area contributed by atoms with Crippen LogP contribution in [0, 0.1) is 6.92 Å². The molecule has 4 rings (SSSR count). The molecule has 0 aliphatic carbocycles. The third kappa shape index (κ3) is 2.98. The number of amides is 1. The molecule has 3 heterocycles. The number of benzene rings is 1. The number of aryl methyl sites for hydroxylation is 1. The van der Waals surface area contributed by atoms with Gasteiger partial charge < -0.3 is 9.64 Å². The predicted octanol–water partition coefficient (Wildman–Crippen LogP) is 2.85. The summed E-state index contributed by atoms with van der Waals surface area (Å²) in [5, 5.41) is 0. The molecule has 0 saturated carbocycles. The van der Waals surface area contributed by atoms with Crippen molar-refractivity contribution in [2.24, 2.45) is 0 Å². The van der Waals surface area contributed by atoms with Crippen LogP contribution in [0.2, 0.25) is 0 Å². The van der Waals surface area contributed by atoms with Gasteiger partial charge in [0.15, 0.2) is 0 Å². The van der Waals surface area contributed by atoms with Gasteiger partial charge in [-0.1, -0.05) is 18.2 Å². The Hall–Kier alpha value is -1.39. The number of piperidine rings is 1. The summed E-state index contributed by atoms with van der Waals surface area (Å²) in [5.74, 6) is 0.178. The number of nitrogens with zero attached hydrogens (tertiary/aromatic N) is 2. The van der Waals surface area contributed by atoms with Crippen LogP contribution in [0.25, 0.3) is 0 Å². The first-order valence-corrected chi connectivity index (χ1v) is 9.40. The molecular weight excluding hydrogens is 300 g/mol. The van der Waals surface area contributed by atoms with Crippen LogP contribution in [0.3, 0.4) is 0 Å². The van der Waals surface area contributed by atoms with Crippen LogP contribution in [0.4, 0.5) is 0 Å². The monoisotopic (exact) mass is 328 g/mol. The van der Waals surface area contributed by atoms with E-state index in [2.05, 4.69) is 4.90 Å². The molecule has 1 aromatic carbocycles. The molecule has 0 radical (unpaired) electrons. The summed E-state index contributed by atoms with van der Waals surface area (Å²) in [6.45, 7) is 7.01. The van der Waals surface area contributed by atoms with Gasteiger partial charge in [-0.2, -0.15) is 0 Å². The van der Waals surface area contributed by atoms with E-state index in [4.69, 9.17) is 4.74 Å². The summed E-state index contributed by atoms with van der Waals surface area (Å²) in [6.07, 6.45) is 5.79. The summed E-state index contributed by atoms with van der Waals surface area (Å²) in [6, 6.07) is 8.50. The van der Waals surface area contributed by atoms with E-state index >= 15 is 0 Å². The minimum atomic E-state index is 0.0236. The number of likely N-dealkylation sites (tertiary alicyclic amines) is 2. The molecule has 1 amide bonds. The molecule has 0 bridgehead atoms. The van der Waals surface area contributed by atoms with E-state index < -0.39 is 0 Å². The highest BCUT2D eigenvalue weighted by Gasteiger charge is 2.45. The Morgan fingerprint density at radius 3 is 2.54 bits per heavy atom. The first-order chi connectivity index (χ1) is 11.7. The van der Waals surface area contributed by atoms with Crippen molar-refractivity contribution >= 4 is 5.91 Å². The largest absolute Gasteiger partial charge is 0.373 e. The van der Waals surface area contributed by atoms with Crippen LogP contribution in [-0.2, 0) is 4.74 Å². The Kier molecular flexibility index (Phi) is 4.35. The third-order valence-corrected chi connectivity index (χ3v) is 6.18. The first-order valence-electron chi connectivity index (χ1n) is 9.40. The molecular formula is C20H28N2O2. The second kappa shape index (κ2) is 6.49. The summed E-state index contributed by atoms with van der Waals surface area (Å²) in [7, 11) is 0. The van der Waals surface area contributed by atoms with E-state index in [1.165, 1.54) is 25.9 Å². The molecule has 0 unspecified atom stereocenters. The minimum absolute atomic E-state index is 0.0236. The van der Waals surface area contributed by atoms with Gasteiger partial charge in [-0.3, -0.25) is 9.69 Å². The quantitative estimate of drug-likeness (QED) is 0.837. The van der Waals surface area contributed by atoms with Crippen LogP contribution < -0.4 is 0 Å². The SMILES string of the molecule is Cc1ccccc1C(=O)N1CCC2(CC1)C[C@@H](N1CCCC1)CO2. The van der Waals surface area contributed by atoms with Crippen LogP contribution in [-0.4, -0.2) is 60.1 Å². The van der Waals surface area contributed by atoms with Gasteiger partial charge in [0.05, 0.1) is 12.2 Å². The molecule has 1 aromatic rings. The van der Waals surface area contributed by atoms with Gasteiger partial charge in [-0.15, -0.1) is 0 Å². The molecule has 1 spiro atoms. The number of carbonyl (C=O) groups is 1. The van der Waals surface area contributed by atoms with E-state index in [9.17, 15) is 4.79 Å². The fraction of sp³-hybridized carbons (Fsp3) is 0.650. The van der Waals surface area contributed by atoms with Crippen molar-refractivity contribution in [2.45, 2.75) is 50.7 Å². The van der Waals surface area contributed by atoms with Crippen molar-refractivity contribution in [1.29, 1.82) is 0 Å². The molecule has 3 aliphatic rings. The van der Waals surface area contributed by atoms with E-state index in [1.54, 1.807) is 0 Å². The highest BCUT2D eigenvalue weighted by molar-refractivity contribution is 5.95. The Morgan fingerprint density at radius 1 is 1.12 bits per heavy atom. The fourth-order valence-electron chi connectivity index (χ4n) is 4.61. The maximum absolute atomic E-state index is 12.8. The lowest BCUT2D eigenvalue weighted by Crippen LogP contribution is -2.47. The maximum Gasteiger partial charge on any atom is 0.254 e. The van der Waals surface area contributed by atoms with Gasteiger partial charge in [0.25, 0.3) is 5.91 Å².